The van der Waals surface area contributed by atoms with Crippen molar-refractivity contribution in [3.63, 3.8) is 0 Å². The summed E-state index contributed by atoms with van der Waals surface area (Å²) in [5.41, 5.74) is 2.29. The van der Waals surface area contributed by atoms with E-state index < -0.39 is 0 Å². The second kappa shape index (κ2) is 9.87. The fourth-order valence-electron chi connectivity index (χ4n) is 3.43. The van der Waals surface area contributed by atoms with Crippen molar-refractivity contribution in [3.8, 4) is 0 Å². The normalized spacial score (nSPS) is 15.9. The van der Waals surface area contributed by atoms with Gasteiger partial charge in [-0.25, -0.2) is 9.48 Å². The predicted molar refractivity (Wildman–Crippen MR) is 113 cm³/mol. The summed E-state index contributed by atoms with van der Waals surface area (Å²) in [5.74, 6) is 0.325. The number of nitrogens with one attached hydrogen (secondary N) is 1. The number of carbonyl (C=O) groups is 1. The van der Waals surface area contributed by atoms with Crippen LogP contribution in [0.2, 0.25) is 0 Å². The van der Waals surface area contributed by atoms with E-state index in [1.807, 2.05) is 31.2 Å². The Kier molecular flexibility index (Phi) is 7.25. The van der Waals surface area contributed by atoms with Crippen molar-refractivity contribution in [1.29, 1.82) is 0 Å². The molecule has 0 unspecified atom stereocenters. The zero-order chi connectivity index (χ0) is 19.9. The van der Waals surface area contributed by atoms with Gasteiger partial charge in [-0.15, -0.1) is 0 Å². The van der Waals surface area contributed by atoms with Gasteiger partial charge in [-0.05, 0) is 31.0 Å². The van der Waals surface area contributed by atoms with E-state index in [9.17, 15) is 4.79 Å². The number of aromatic nitrogens is 3. The monoisotopic (exact) mass is 446 g/mol. The van der Waals surface area contributed by atoms with Crippen molar-refractivity contribution in [3.05, 3.63) is 51.9 Å². The summed E-state index contributed by atoms with van der Waals surface area (Å²) in [7, 11) is 0. The van der Waals surface area contributed by atoms with Crippen LogP contribution in [0.25, 0.3) is 0 Å². The number of rotatable bonds is 9. The largest absolute Gasteiger partial charge is 0.462 e. The maximum absolute atomic E-state index is 12.9. The molecular weight excluding hydrogens is 420 g/mol. The van der Waals surface area contributed by atoms with Gasteiger partial charge in [-0.1, -0.05) is 67.1 Å². The number of halogens is 1. The van der Waals surface area contributed by atoms with Crippen LogP contribution in [0.5, 0.6) is 0 Å². The molecule has 7 heteroatoms. The molecule has 0 radical (unpaired) electrons. The third-order valence-corrected chi connectivity index (χ3v) is 5.46. The highest BCUT2D eigenvalue weighted by molar-refractivity contribution is 9.10. The zero-order valence-electron chi connectivity index (χ0n) is 16.4. The van der Waals surface area contributed by atoms with Gasteiger partial charge in [0.15, 0.2) is 0 Å². The molecule has 28 heavy (non-hydrogen) atoms. The second-order valence-electron chi connectivity index (χ2n) is 7.05. The predicted octanol–water partition coefficient (Wildman–Crippen LogP) is 5.23. The van der Waals surface area contributed by atoms with Crippen LogP contribution in [0.1, 0.15) is 64.0 Å². The third kappa shape index (κ3) is 4.82. The molecule has 0 fully saturated rings. The lowest BCUT2D eigenvalue weighted by Crippen LogP contribution is -2.29. The highest BCUT2D eigenvalue weighted by Gasteiger charge is 2.34. The van der Waals surface area contributed by atoms with E-state index in [1.165, 1.54) is 32.0 Å². The number of hydrogen-bond donors (Lipinski definition) is 1. The number of fused-ring (bicyclic) bond motifs is 1. The molecule has 150 valence electrons. The molecule has 0 aliphatic carbocycles. The van der Waals surface area contributed by atoms with Crippen molar-refractivity contribution in [2.45, 2.75) is 58.4 Å². The summed E-state index contributed by atoms with van der Waals surface area (Å²) in [5, 5.41) is 7.50. The van der Waals surface area contributed by atoms with Gasteiger partial charge in [0.1, 0.15) is 12.4 Å². The summed E-state index contributed by atoms with van der Waals surface area (Å²) in [6.45, 7) is 4.53. The van der Waals surface area contributed by atoms with E-state index in [0.29, 0.717) is 18.1 Å². The lowest BCUT2D eigenvalue weighted by molar-refractivity contribution is -0.139. The molecule has 1 atom stereocenters. The van der Waals surface area contributed by atoms with Crippen molar-refractivity contribution >= 4 is 27.8 Å². The van der Waals surface area contributed by atoms with Crippen LogP contribution in [0.4, 0.5) is 5.95 Å². The van der Waals surface area contributed by atoms with Crippen LogP contribution in [0, 0.1) is 0 Å². The molecule has 1 aliphatic rings. The second-order valence-corrected chi connectivity index (χ2v) is 7.97. The van der Waals surface area contributed by atoms with E-state index in [2.05, 4.69) is 38.3 Å². The van der Waals surface area contributed by atoms with Gasteiger partial charge in [0.05, 0.1) is 12.2 Å². The molecule has 1 aliphatic heterocycles. The highest BCUT2D eigenvalue weighted by atomic mass is 79.9. The van der Waals surface area contributed by atoms with Gasteiger partial charge in [-0.2, -0.15) is 10.1 Å². The number of unbranched alkanes of at least 4 members (excludes halogenated alkanes) is 5. The number of esters is 1. The van der Waals surface area contributed by atoms with Gasteiger partial charge in [0.2, 0.25) is 5.95 Å². The number of anilines is 1. The SMILES string of the molecule is CCCCCCCCOC(=O)C1=C(C)Nc2ncnn2[C@H]1c1ccc(Br)cc1. The van der Waals surface area contributed by atoms with Crippen LogP contribution < -0.4 is 5.32 Å². The first-order valence-electron chi connectivity index (χ1n) is 9.91. The topological polar surface area (TPSA) is 69.0 Å². The Morgan fingerprint density at radius 2 is 1.89 bits per heavy atom. The van der Waals surface area contributed by atoms with Gasteiger partial charge in [0, 0.05) is 10.2 Å². The van der Waals surface area contributed by atoms with Gasteiger partial charge < -0.3 is 10.1 Å². The van der Waals surface area contributed by atoms with Crippen LogP contribution in [-0.4, -0.2) is 27.3 Å². The minimum Gasteiger partial charge on any atom is -0.462 e. The molecule has 3 rings (SSSR count). The number of allylic oxidation sites excluding steroid dienone is 1. The van der Waals surface area contributed by atoms with Crippen molar-refractivity contribution < 1.29 is 9.53 Å². The molecule has 0 spiro atoms. The van der Waals surface area contributed by atoms with Crippen molar-refractivity contribution in [2.24, 2.45) is 0 Å². The smallest absolute Gasteiger partial charge is 0.338 e. The Labute approximate surface area is 174 Å². The molecule has 6 nitrogen and oxygen atoms in total. The fourth-order valence-corrected chi connectivity index (χ4v) is 3.70. The minimum absolute atomic E-state index is 0.298. The summed E-state index contributed by atoms with van der Waals surface area (Å²) < 4.78 is 8.33. The Hall–Kier alpha value is -2.15. The average Bonchev–Trinajstić information content (AvgIpc) is 3.14. The van der Waals surface area contributed by atoms with Crippen molar-refractivity contribution in [1.82, 2.24) is 14.8 Å². The Bertz CT molecular complexity index is 829. The molecular formula is C21H27BrN4O2. The highest BCUT2D eigenvalue weighted by Crippen LogP contribution is 2.35. The van der Waals surface area contributed by atoms with Gasteiger partial charge in [-0.3, -0.25) is 0 Å². The summed E-state index contributed by atoms with van der Waals surface area (Å²) in [6, 6.07) is 7.54. The third-order valence-electron chi connectivity index (χ3n) is 4.93. The van der Waals surface area contributed by atoms with Crippen molar-refractivity contribution in [2.75, 3.05) is 11.9 Å². The molecule has 0 amide bonds. The van der Waals surface area contributed by atoms with E-state index in [0.717, 1.165) is 28.6 Å². The number of carbonyl (C=O) groups excluding carboxylic acids is 1. The van der Waals surface area contributed by atoms with Crippen LogP contribution in [0.15, 0.2) is 46.3 Å². The molecule has 1 N–H and O–H groups in total. The lowest BCUT2D eigenvalue weighted by atomic mass is 9.96. The first-order valence-corrected chi connectivity index (χ1v) is 10.7. The molecule has 0 saturated heterocycles. The maximum Gasteiger partial charge on any atom is 0.338 e. The number of ether oxygens (including phenoxy) is 1. The van der Waals surface area contributed by atoms with Crippen LogP contribution >= 0.6 is 15.9 Å². The van der Waals surface area contributed by atoms with Gasteiger partial charge in [0.25, 0.3) is 0 Å². The van der Waals surface area contributed by atoms with E-state index in [-0.39, 0.29) is 12.0 Å². The number of hydrogen-bond acceptors (Lipinski definition) is 5. The molecule has 2 aromatic rings. The summed E-state index contributed by atoms with van der Waals surface area (Å²) >= 11 is 3.46. The van der Waals surface area contributed by atoms with E-state index >= 15 is 0 Å². The fraction of sp³-hybridized carbons (Fsp3) is 0.476. The van der Waals surface area contributed by atoms with E-state index in [1.54, 1.807) is 4.68 Å². The van der Waals surface area contributed by atoms with Gasteiger partial charge >= 0.3 is 5.97 Å². The summed E-state index contributed by atoms with van der Waals surface area (Å²) in [4.78, 5) is 17.2. The molecule has 0 bridgehead atoms. The van der Waals surface area contributed by atoms with E-state index in [4.69, 9.17) is 4.74 Å². The number of benzene rings is 1. The Balaban J connectivity index is 1.72. The average molecular weight is 447 g/mol. The molecule has 1 aromatic heterocycles. The quantitative estimate of drug-likeness (QED) is 0.421. The first-order chi connectivity index (χ1) is 13.6. The first kappa shape index (κ1) is 20.6. The number of nitrogens with zero attached hydrogens (tertiary/aromatic N) is 3. The molecule has 2 heterocycles. The molecule has 1 aromatic carbocycles. The standard InChI is InChI=1S/C21H27BrN4O2/c1-3-4-5-6-7-8-13-28-20(27)18-15(2)25-21-23-14-24-26(21)19(18)16-9-11-17(22)12-10-16/h9-12,14,19H,3-8,13H2,1-2H3,(H,23,24,25)/t19-/m0/s1. The van der Waals surface area contributed by atoms with Crippen LogP contribution in [-0.2, 0) is 9.53 Å². The summed E-state index contributed by atoms with van der Waals surface area (Å²) in [6.07, 6.45) is 8.42. The van der Waals surface area contributed by atoms with Crippen LogP contribution in [0.3, 0.4) is 0 Å². The Morgan fingerprint density at radius 1 is 1.18 bits per heavy atom. The lowest BCUT2D eigenvalue weighted by Gasteiger charge is -2.28. The maximum atomic E-state index is 12.9. The zero-order valence-corrected chi connectivity index (χ0v) is 18.0. The molecule has 0 saturated carbocycles. The minimum atomic E-state index is -0.357. The Morgan fingerprint density at radius 3 is 2.64 bits per heavy atom.